The van der Waals surface area contributed by atoms with Crippen LogP contribution in [0.4, 0.5) is 5.69 Å². The van der Waals surface area contributed by atoms with E-state index in [0.29, 0.717) is 11.4 Å². The molecule has 0 atom stereocenters. The van der Waals surface area contributed by atoms with Gasteiger partial charge in [-0.25, -0.2) is 4.98 Å². The number of nitrogens with zero attached hydrogens (tertiary/aromatic N) is 1. The fourth-order valence-corrected chi connectivity index (χ4v) is 1.84. The number of aliphatic hydroxyl groups is 1. The molecule has 3 N–H and O–H groups in total. The molecule has 0 saturated carbocycles. The van der Waals surface area contributed by atoms with E-state index in [1.807, 2.05) is 6.07 Å². The van der Waals surface area contributed by atoms with Crippen LogP contribution in [-0.4, -0.2) is 10.1 Å². The molecule has 0 radical (unpaired) electrons. The maximum atomic E-state index is 9.90. The van der Waals surface area contributed by atoms with Crippen LogP contribution in [-0.2, 0) is 5.60 Å². The minimum atomic E-state index is -0.982. The zero-order chi connectivity index (χ0) is 11.1. The zero-order valence-electron chi connectivity index (χ0n) is 9.12. The van der Waals surface area contributed by atoms with Gasteiger partial charge in [0.25, 0.3) is 0 Å². The summed E-state index contributed by atoms with van der Waals surface area (Å²) in [6, 6.07) is 1.89. The second kappa shape index (κ2) is 3.35. The summed E-state index contributed by atoms with van der Waals surface area (Å²) in [5.74, 6) is 0. The standard InChI is InChI=1S/C12H16N2O/c1-12(2,15)11-9(13)7-8-5-3-4-6-10(8)14-11/h5-7,15H,3-4,13H2,1-2H3. The second-order valence-corrected chi connectivity index (χ2v) is 4.45. The third-order valence-electron chi connectivity index (χ3n) is 2.56. The summed E-state index contributed by atoms with van der Waals surface area (Å²) in [5, 5.41) is 11.9. The summed E-state index contributed by atoms with van der Waals surface area (Å²) >= 11 is 0. The molecular weight excluding hydrogens is 188 g/mol. The highest BCUT2D eigenvalue weighted by atomic mass is 16.3. The molecule has 1 heterocycles. The molecule has 0 bridgehead atoms. The zero-order valence-corrected chi connectivity index (χ0v) is 9.12. The summed E-state index contributed by atoms with van der Waals surface area (Å²) < 4.78 is 0. The van der Waals surface area contributed by atoms with Crippen LogP contribution >= 0.6 is 0 Å². The smallest absolute Gasteiger partial charge is 0.103 e. The molecule has 2 rings (SSSR count). The van der Waals surface area contributed by atoms with Gasteiger partial charge >= 0.3 is 0 Å². The van der Waals surface area contributed by atoms with E-state index in [2.05, 4.69) is 17.1 Å². The molecule has 15 heavy (non-hydrogen) atoms. The summed E-state index contributed by atoms with van der Waals surface area (Å²) in [4.78, 5) is 4.42. The normalized spacial score (nSPS) is 15.1. The van der Waals surface area contributed by atoms with Crippen LogP contribution in [0.5, 0.6) is 0 Å². The van der Waals surface area contributed by atoms with Crippen molar-refractivity contribution in [2.45, 2.75) is 32.3 Å². The van der Waals surface area contributed by atoms with Crippen LogP contribution in [0.1, 0.15) is 32.4 Å². The largest absolute Gasteiger partial charge is 0.397 e. The molecule has 80 valence electrons. The number of nitrogen functional groups attached to an aromatic ring is 1. The molecule has 0 saturated heterocycles. The van der Waals surface area contributed by atoms with Crippen molar-refractivity contribution in [3.63, 3.8) is 0 Å². The maximum Gasteiger partial charge on any atom is 0.103 e. The second-order valence-electron chi connectivity index (χ2n) is 4.45. The van der Waals surface area contributed by atoms with Crippen molar-refractivity contribution in [1.82, 2.24) is 4.98 Å². The number of hydrogen-bond donors (Lipinski definition) is 2. The molecule has 3 nitrogen and oxygen atoms in total. The molecule has 0 fully saturated rings. The summed E-state index contributed by atoms with van der Waals surface area (Å²) in [6.45, 7) is 3.40. The molecule has 0 aromatic carbocycles. The van der Waals surface area contributed by atoms with Crippen molar-refractivity contribution in [2.24, 2.45) is 0 Å². The molecule has 0 unspecified atom stereocenters. The number of pyridine rings is 1. The lowest BCUT2D eigenvalue weighted by molar-refractivity contribution is 0.0745. The lowest BCUT2D eigenvalue weighted by Gasteiger charge is -2.19. The van der Waals surface area contributed by atoms with Gasteiger partial charge in [-0.05, 0) is 38.0 Å². The maximum absolute atomic E-state index is 9.90. The molecular formula is C12H16N2O. The van der Waals surface area contributed by atoms with Gasteiger partial charge in [-0.2, -0.15) is 0 Å². The minimum Gasteiger partial charge on any atom is -0.397 e. The SMILES string of the molecule is CC(C)(O)c1nc2c(cc1N)=CCCC=2. The summed E-state index contributed by atoms with van der Waals surface area (Å²) in [7, 11) is 0. The summed E-state index contributed by atoms with van der Waals surface area (Å²) in [6.07, 6.45) is 6.27. The van der Waals surface area contributed by atoms with E-state index < -0.39 is 5.60 Å². The first kappa shape index (κ1) is 10.2. The average Bonchev–Trinajstić information content (AvgIpc) is 2.15. The number of nitrogens with two attached hydrogens (primary N) is 1. The number of rotatable bonds is 1. The van der Waals surface area contributed by atoms with E-state index >= 15 is 0 Å². The van der Waals surface area contributed by atoms with Crippen molar-refractivity contribution >= 4 is 17.8 Å². The Morgan fingerprint density at radius 3 is 2.67 bits per heavy atom. The third-order valence-corrected chi connectivity index (χ3v) is 2.56. The molecule has 0 spiro atoms. The highest BCUT2D eigenvalue weighted by molar-refractivity contribution is 5.49. The van der Waals surface area contributed by atoms with Gasteiger partial charge in [0.15, 0.2) is 0 Å². The van der Waals surface area contributed by atoms with Gasteiger partial charge in [-0.1, -0.05) is 12.2 Å². The van der Waals surface area contributed by atoms with Gasteiger partial charge in [0.05, 0.1) is 16.7 Å². The molecule has 0 amide bonds. The number of fused-ring (bicyclic) bond motifs is 1. The Morgan fingerprint density at radius 2 is 2.00 bits per heavy atom. The Bertz CT molecular complexity index is 498. The number of anilines is 1. The Balaban J connectivity index is 2.72. The van der Waals surface area contributed by atoms with E-state index in [0.717, 1.165) is 23.4 Å². The Labute approximate surface area is 89.0 Å². The van der Waals surface area contributed by atoms with E-state index in [-0.39, 0.29) is 0 Å². The monoisotopic (exact) mass is 204 g/mol. The molecule has 1 aromatic heterocycles. The molecule has 1 aromatic rings. The Morgan fingerprint density at radius 1 is 1.33 bits per heavy atom. The van der Waals surface area contributed by atoms with E-state index in [4.69, 9.17) is 5.73 Å². The highest BCUT2D eigenvalue weighted by Crippen LogP contribution is 2.20. The van der Waals surface area contributed by atoms with Crippen molar-refractivity contribution in [1.29, 1.82) is 0 Å². The van der Waals surface area contributed by atoms with Crippen molar-refractivity contribution in [2.75, 3.05) is 5.73 Å². The van der Waals surface area contributed by atoms with Gasteiger partial charge in [-0.3, -0.25) is 0 Å². The van der Waals surface area contributed by atoms with Gasteiger partial charge in [0.2, 0.25) is 0 Å². The fourth-order valence-electron chi connectivity index (χ4n) is 1.84. The first-order valence-corrected chi connectivity index (χ1v) is 5.18. The van der Waals surface area contributed by atoms with Gasteiger partial charge in [0, 0.05) is 0 Å². The number of hydrogen-bond acceptors (Lipinski definition) is 3. The van der Waals surface area contributed by atoms with Crippen LogP contribution < -0.4 is 16.3 Å². The van der Waals surface area contributed by atoms with Crippen molar-refractivity contribution in [3.05, 3.63) is 22.3 Å². The minimum absolute atomic E-state index is 0.563. The van der Waals surface area contributed by atoms with Crippen LogP contribution in [0.15, 0.2) is 6.07 Å². The van der Waals surface area contributed by atoms with E-state index in [1.54, 1.807) is 13.8 Å². The van der Waals surface area contributed by atoms with Crippen molar-refractivity contribution in [3.8, 4) is 0 Å². The lowest BCUT2D eigenvalue weighted by Crippen LogP contribution is -2.35. The Hall–Kier alpha value is -1.35. The first-order chi connectivity index (χ1) is 6.98. The molecule has 1 aliphatic carbocycles. The van der Waals surface area contributed by atoms with Gasteiger partial charge in [0.1, 0.15) is 5.60 Å². The average molecular weight is 204 g/mol. The first-order valence-electron chi connectivity index (χ1n) is 5.18. The van der Waals surface area contributed by atoms with Crippen LogP contribution in [0.2, 0.25) is 0 Å². The molecule has 3 heteroatoms. The summed E-state index contributed by atoms with van der Waals surface area (Å²) in [5.41, 5.74) is 6.02. The van der Waals surface area contributed by atoms with Crippen LogP contribution in [0, 0.1) is 0 Å². The number of aromatic nitrogens is 1. The van der Waals surface area contributed by atoms with E-state index in [1.165, 1.54) is 0 Å². The highest BCUT2D eigenvalue weighted by Gasteiger charge is 2.21. The molecule has 0 aliphatic heterocycles. The fraction of sp³-hybridized carbons (Fsp3) is 0.417. The van der Waals surface area contributed by atoms with Gasteiger partial charge in [-0.15, -0.1) is 0 Å². The van der Waals surface area contributed by atoms with E-state index in [9.17, 15) is 5.11 Å². The van der Waals surface area contributed by atoms with Crippen molar-refractivity contribution < 1.29 is 5.11 Å². The van der Waals surface area contributed by atoms with Crippen LogP contribution in [0.25, 0.3) is 12.2 Å². The lowest BCUT2D eigenvalue weighted by atomic mass is 10.0. The Kier molecular flexibility index (Phi) is 2.27. The quantitative estimate of drug-likeness (QED) is 0.689. The predicted octanol–water partition coefficient (Wildman–Crippen LogP) is 0.246. The van der Waals surface area contributed by atoms with Crippen LogP contribution in [0.3, 0.4) is 0 Å². The topological polar surface area (TPSA) is 59.1 Å². The third kappa shape index (κ3) is 1.88. The van der Waals surface area contributed by atoms with Gasteiger partial charge < -0.3 is 10.8 Å². The predicted molar refractivity (Wildman–Crippen MR) is 61.3 cm³/mol. The molecule has 1 aliphatic rings.